The standard InChI is InChI=1S/C16H16F3N5O5/c17-16(18,19)14(28)21-3-1-2-7-5-24(10-4-8(26)9(6-25)29-10)12-11(7)13(27)23-15(20)22-12/h5,8-10,25-26H,3-4,6H2,(H,21,28)(H3,20,22,23,27)/t8-,9+,10+/m0/s1. The summed E-state index contributed by atoms with van der Waals surface area (Å²) in [5, 5.41) is 20.8. The molecule has 29 heavy (non-hydrogen) atoms. The molecule has 3 rings (SSSR count). The lowest BCUT2D eigenvalue weighted by molar-refractivity contribution is -0.173. The third-order valence-corrected chi connectivity index (χ3v) is 4.21. The molecule has 13 heteroatoms. The third kappa shape index (κ3) is 4.19. The molecule has 0 bridgehead atoms. The molecule has 0 radical (unpaired) electrons. The van der Waals surface area contributed by atoms with E-state index in [1.807, 2.05) is 0 Å². The van der Waals surface area contributed by atoms with Crippen LogP contribution in [0.15, 0.2) is 11.0 Å². The molecule has 0 aromatic carbocycles. The predicted molar refractivity (Wildman–Crippen MR) is 92.3 cm³/mol. The van der Waals surface area contributed by atoms with Gasteiger partial charge in [-0.05, 0) is 0 Å². The summed E-state index contributed by atoms with van der Waals surface area (Å²) in [7, 11) is 0. The van der Waals surface area contributed by atoms with Gasteiger partial charge in [0.25, 0.3) is 5.56 Å². The first-order valence-electron chi connectivity index (χ1n) is 8.30. The van der Waals surface area contributed by atoms with Gasteiger partial charge in [-0.25, -0.2) is 0 Å². The van der Waals surface area contributed by atoms with Gasteiger partial charge in [-0.2, -0.15) is 18.2 Å². The van der Waals surface area contributed by atoms with Crippen molar-refractivity contribution in [3.63, 3.8) is 0 Å². The number of H-pyrrole nitrogens is 1. The highest BCUT2D eigenvalue weighted by Crippen LogP contribution is 2.32. The first-order valence-corrected chi connectivity index (χ1v) is 8.30. The average Bonchev–Trinajstić information content (AvgIpc) is 3.17. The number of aromatic nitrogens is 3. The maximum absolute atomic E-state index is 12.3. The summed E-state index contributed by atoms with van der Waals surface area (Å²) in [6, 6.07) is 0. The van der Waals surface area contributed by atoms with Crippen LogP contribution in [0.1, 0.15) is 18.2 Å². The van der Waals surface area contributed by atoms with Crippen molar-refractivity contribution in [2.24, 2.45) is 0 Å². The van der Waals surface area contributed by atoms with Crippen LogP contribution < -0.4 is 16.6 Å². The number of hydrogen-bond acceptors (Lipinski definition) is 7. The zero-order chi connectivity index (χ0) is 21.3. The molecular formula is C16H16F3N5O5. The van der Waals surface area contributed by atoms with E-state index in [0.717, 1.165) is 0 Å². The summed E-state index contributed by atoms with van der Waals surface area (Å²) in [6.45, 7) is -1.02. The van der Waals surface area contributed by atoms with E-state index >= 15 is 0 Å². The third-order valence-electron chi connectivity index (χ3n) is 4.21. The van der Waals surface area contributed by atoms with Crippen LogP contribution in [0.25, 0.3) is 11.0 Å². The Morgan fingerprint density at radius 3 is 2.86 bits per heavy atom. The lowest BCUT2D eigenvalue weighted by atomic mass is 10.2. The number of alkyl halides is 3. The van der Waals surface area contributed by atoms with E-state index in [1.165, 1.54) is 10.8 Å². The van der Waals surface area contributed by atoms with Crippen molar-refractivity contribution in [3.8, 4) is 11.8 Å². The van der Waals surface area contributed by atoms with E-state index in [9.17, 15) is 33.0 Å². The number of amides is 1. The van der Waals surface area contributed by atoms with Gasteiger partial charge < -0.3 is 30.6 Å². The molecule has 0 saturated carbocycles. The molecule has 1 fully saturated rings. The highest BCUT2D eigenvalue weighted by Gasteiger charge is 2.38. The van der Waals surface area contributed by atoms with E-state index in [-0.39, 0.29) is 29.0 Å². The molecule has 1 saturated heterocycles. The molecule has 10 nitrogen and oxygen atoms in total. The number of nitrogens with two attached hydrogens (primary N) is 1. The number of ether oxygens (including phenoxy) is 1. The van der Waals surface area contributed by atoms with E-state index in [1.54, 1.807) is 5.32 Å². The van der Waals surface area contributed by atoms with E-state index in [4.69, 9.17) is 10.5 Å². The zero-order valence-electron chi connectivity index (χ0n) is 14.7. The number of aliphatic hydroxyl groups is 2. The fourth-order valence-corrected chi connectivity index (χ4v) is 2.90. The van der Waals surface area contributed by atoms with Gasteiger partial charge >= 0.3 is 12.1 Å². The second-order valence-corrected chi connectivity index (χ2v) is 6.20. The summed E-state index contributed by atoms with van der Waals surface area (Å²) >= 11 is 0. The Morgan fingerprint density at radius 1 is 1.52 bits per heavy atom. The van der Waals surface area contributed by atoms with E-state index in [2.05, 4.69) is 21.8 Å². The number of hydrogen-bond donors (Lipinski definition) is 5. The highest BCUT2D eigenvalue weighted by atomic mass is 19.4. The van der Waals surface area contributed by atoms with E-state index < -0.39 is 49.2 Å². The van der Waals surface area contributed by atoms with Crippen LogP contribution >= 0.6 is 0 Å². The van der Waals surface area contributed by atoms with Crippen molar-refractivity contribution in [2.45, 2.75) is 31.0 Å². The lowest BCUT2D eigenvalue weighted by Crippen LogP contribution is -2.36. The number of nitrogens with zero attached hydrogens (tertiary/aromatic N) is 2. The number of nitrogen functional groups attached to an aromatic ring is 1. The number of nitrogens with one attached hydrogen (secondary N) is 2. The van der Waals surface area contributed by atoms with E-state index in [0.29, 0.717) is 0 Å². The summed E-state index contributed by atoms with van der Waals surface area (Å²) in [5.41, 5.74) is 5.15. The van der Waals surface area contributed by atoms with Crippen LogP contribution in [-0.2, 0) is 9.53 Å². The van der Waals surface area contributed by atoms with Gasteiger partial charge in [0.15, 0.2) is 5.65 Å². The first-order chi connectivity index (χ1) is 13.6. The molecule has 0 unspecified atom stereocenters. The van der Waals surface area contributed by atoms with Crippen LogP contribution in [0, 0.1) is 11.8 Å². The minimum atomic E-state index is -5.03. The number of carbonyl (C=O) groups is 1. The summed E-state index contributed by atoms with van der Waals surface area (Å²) in [4.78, 5) is 29.4. The Balaban J connectivity index is 1.94. The number of anilines is 1. The Hall–Kier alpha value is -3.08. The summed E-state index contributed by atoms with van der Waals surface area (Å²) < 4.78 is 43.5. The molecule has 0 aliphatic carbocycles. The zero-order valence-corrected chi connectivity index (χ0v) is 14.7. The van der Waals surface area contributed by atoms with Crippen molar-refractivity contribution >= 4 is 22.9 Å². The smallest absolute Gasteiger partial charge is 0.394 e. The molecule has 2 aromatic heterocycles. The maximum atomic E-state index is 12.3. The first kappa shape index (κ1) is 20.6. The Morgan fingerprint density at radius 2 is 2.24 bits per heavy atom. The second-order valence-electron chi connectivity index (χ2n) is 6.20. The van der Waals surface area contributed by atoms with Crippen molar-refractivity contribution < 1.29 is 32.9 Å². The average molecular weight is 415 g/mol. The maximum Gasteiger partial charge on any atom is 0.471 e. The Bertz CT molecular complexity index is 1050. The van der Waals surface area contributed by atoms with Gasteiger partial charge in [0.05, 0.1) is 30.2 Å². The number of aliphatic hydroxyl groups excluding tert-OH is 2. The van der Waals surface area contributed by atoms with Crippen LogP contribution in [0.3, 0.4) is 0 Å². The van der Waals surface area contributed by atoms with Crippen molar-refractivity contribution in [2.75, 3.05) is 18.9 Å². The van der Waals surface area contributed by atoms with Crippen molar-refractivity contribution in [1.82, 2.24) is 19.9 Å². The highest BCUT2D eigenvalue weighted by molar-refractivity contribution is 5.84. The van der Waals surface area contributed by atoms with Crippen LogP contribution in [0.2, 0.25) is 0 Å². The van der Waals surface area contributed by atoms with Crippen LogP contribution in [0.4, 0.5) is 19.1 Å². The summed E-state index contributed by atoms with van der Waals surface area (Å²) in [5.74, 6) is 2.53. The van der Waals surface area contributed by atoms with Crippen LogP contribution in [-0.4, -0.2) is 62.2 Å². The number of halogens is 3. The molecule has 2 aromatic rings. The second kappa shape index (κ2) is 7.74. The number of rotatable bonds is 3. The number of carbonyl (C=O) groups excluding carboxylic acids is 1. The van der Waals surface area contributed by atoms with Gasteiger partial charge in [-0.3, -0.25) is 14.6 Å². The molecule has 156 valence electrons. The predicted octanol–water partition coefficient (Wildman–Crippen LogP) is -1.02. The van der Waals surface area contributed by atoms with Crippen molar-refractivity contribution in [3.05, 3.63) is 22.1 Å². The molecule has 3 heterocycles. The van der Waals surface area contributed by atoms with Gasteiger partial charge in [-0.1, -0.05) is 11.8 Å². The molecule has 3 atom stereocenters. The monoisotopic (exact) mass is 415 g/mol. The SMILES string of the molecule is Nc1nc2c(c(C#CCNC(=O)C(F)(F)F)cn2[C@H]2C[C@H](O)[C@@H](CO)O2)c(=O)[nH]1. The molecule has 6 N–H and O–H groups in total. The topological polar surface area (TPSA) is 155 Å². The molecule has 1 amide bonds. The number of fused-ring (bicyclic) bond motifs is 1. The lowest BCUT2D eigenvalue weighted by Gasteiger charge is -2.14. The Kier molecular flexibility index (Phi) is 5.51. The summed E-state index contributed by atoms with van der Waals surface area (Å²) in [6.07, 6.45) is -6.11. The number of aromatic amines is 1. The minimum Gasteiger partial charge on any atom is -0.394 e. The van der Waals surface area contributed by atoms with Crippen molar-refractivity contribution in [1.29, 1.82) is 0 Å². The molecular weight excluding hydrogens is 399 g/mol. The Labute approximate surface area is 160 Å². The van der Waals surface area contributed by atoms with Gasteiger partial charge in [0.1, 0.15) is 12.3 Å². The molecule has 0 spiro atoms. The van der Waals surface area contributed by atoms with Gasteiger partial charge in [-0.15, -0.1) is 0 Å². The fourth-order valence-electron chi connectivity index (χ4n) is 2.90. The van der Waals surface area contributed by atoms with Crippen LogP contribution in [0.5, 0.6) is 0 Å². The van der Waals surface area contributed by atoms with Gasteiger partial charge in [0, 0.05) is 12.6 Å². The minimum absolute atomic E-state index is 0.0133. The molecule has 1 aliphatic rings. The quantitative estimate of drug-likeness (QED) is 0.402. The molecule has 1 aliphatic heterocycles. The van der Waals surface area contributed by atoms with Gasteiger partial charge in [0.2, 0.25) is 5.95 Å². The largest absolute Gasteiger partial charge is 0.471 e. The fraction of sp³-hybridized carbons (Fsp3) is 0.438. The normalized spacial score (nSPS) is 21.8.